The smallest absolute Gasteiger partial charge is 0.208 e. The number of likely N-dealkylation sites (N-methyl/N-ethyl adjacent to an activating group) is 1. The van der Waals surface area contributed by atoms with Crippen molar-refractivity contribution in [3.05, 3.63) is 179 Å². The molecule has 1 unspecified atom stereocenters. The summed E-state index contributed by atoms with van der Waals surface area (Å²) < 4.78 is 35.4. The third kappa shape index (κ3) is 5.96. The summed E-state index contributed by atoms with van der Waals surface area (Å²) in [5, 5.41) is 4.65. The van der Waals surface area contributed by atoms with E-state index in [9.17, 15) is 0 Å². The Morgan fingerprint density at radius 1 is 0.379 bits per heavy atom. The van der Waals surface area contributed by atoms with E-state index in [0.29, 0.717) is 11.0 Å². The molecule has 0 radical (unpaired) electrons. The molecule has 1 saturated heterocycles. The van der Waals surface area contributed by atoms with E-state index < -0.39 is 16.7 Å². The van der Waals surface area contributed by atoms with Gasteiger partial charge in [-0.1, -0.05) is 31.2 Å². The van der Waals surface area contributed by atoms with Crippen LogP contribution < -0.4 is 33.7 Å². The number of ether oxygens (including phenoxy) is 6. The minimum absolute atomic E-state index is 0.520. The Kier molecular flexibility index (Phi) is 11.4. The van der Waals surface area contributed by atoms with E-state index in [4.69, 9.17) is 28.4 Å². The molecular weight excluding hydrogens is 725 g/mol. The first-order chi connectivity index (χ1) is 28.3. The van der Waals surface area contributed by atoms with Gasteiger partial charge in [0.2, 0.25) is 5.66 Å². The van der Waals surface area contributed by atoms with Gasteiger partial charge in [0.25, 0.3) is 0 Å². The lowest BCUT2D eigenvalue weighted by Gasteiger charge is -2.58. The van der Waals surface area contributed by atoms with Crippen molar-refractivity contribution in [2.75, 3.05) is 55.7 Å². The summed E-state index contributed by atoms with van der Waals surface area (Å²) in [6.07, 6.45) is 0.874. The maximum absolute atomic E-state index is 5.83. The first kappa shape index (κ1) is 40.2. The van der Waals surface area contributed by atoms with Crippen LogP contribution in [0.1, 0.15) is 53.6 Å². The van der Waals surface area contributed by atoms with Crippen LogP contribution in [-0.2, 0) is 16.7 Å². The van der Waals surface area contributed by atoms with Crippen molar-refractivity contribution in [2.24, 2.45) is 0 Å². The first-order valence-corrected chi connectivity index (χ1v) is 19.8. The normalized spacial score (nSPS) is 17.6. The lowest BCUT2D eigenvalue weighted by Crippen LogP contribution is -2.71. The van der Waals surface area contributed by atoms with Crippen LogP contribution in [0.4, 0.5) is 0 Å². The highest BCUT2D eigenvalue weighted by Gasteiger charge is 2.80. The van der Waals surface area contributed by atoms with E-state index in [1.165, 1.54) is 0 Å². The summed E-state index contributed by atoms with van der Waals surface area (Å²) >= 11 is 0. The highest BCUT2D eigenvalue weighted by molar-refractivity contribution is 5.59. The van der Waals surface area contributed by atoms with Crippen LogP contribution in [0.25, 0.3) is 0 Å². The van der Waals surface area contributed by atoms with Gasteiger partial charge in [-0.05, 0) is 146 Å². The van der Waals surface area contributed by atoms with E-state index in [1.807, 2.05) is 0 Å². The lowest BCUT2D eigenvalue weighted by atomic mass is 9.61. The fourth-order valence-electron chi connectivity index (χ4n) is 10.0. The van der Waals surface area contributed by atoms with Crippen LogP contribution in [0.2, 0.25) is 0 Å². The summed E-state index contributed by atoms with van der Waals surface area (Å²) in [6.45, 7) is 6.10. The minimum Gasteiger partial charge on any atom is -0.497 e. The summed E-state index contributed by atoms with van der Waals surface area (Å²) in [5.74, 6) is 4.66. The second-order valence-corrected chi connectivity index (χ2v) is 14.7. The van der Waals surface area contributed by atoms with Crippen LogP contribution >= 0.6 is 0 Å². The van der Waals surface area contributed by atoms with E-state index in [1.54, 1.807) is 42.7 Å². The molecular formula is C50H55N2O6+. The first-order valence-electron chi connectivity index (χ1n) is 19.8. The molecule has 1 fully saturated rings. The van der Waals surface area contributed by atoms with E-state index in [-0.39, 0.29) is 0 Å². The lowest BCUT2D eigenvalue weighted by molar-refractivity contribution is -1.01. The number of nitrogens with zero attached hydrogens (tertiary/aromatic N) is 1. The molecule has 1 N–H and O–H groups in total. The van der Waals surface area contributed by atoms with E-state index in [2.05, 4.69) is 165 Å². The van der Waals surface area contributed by atoms with Gasteiger partial charge >= 0.3 is 0 Å². The summed E-state index contributed by atoms with van der Waals surface area (Å²) in [7, 11) is 10.3. The number of quaternary nitrogens is 1. The number of hydrogen-bond donors (Lipinski definition) is 1. The van der Waals surface area contributed by atoms with Crippen molar-refractivity contribution >= 4 is 0 Å². The number of nitrogens with one attached hydrogen (secondary N) is 1. The molecule has 0 aliphatic carbocycles. The molecule has 58 heavy (non-hydrogen) atoms. The topological polar surface area (TPSA) is 67.4 Å². The van der Waals surface area contributed by atoms with Crippen molar-refractivity contribution in [2.45, 2.75) is 37.0 Å². The zero-order valence-corrected chi connectivity index (χ0v) is 34.9. The van der Waals surface area contributed by atoms with Crippen LogP contribution in [0.15, 0.2) is 146 Å². The van der Waals surface area contributed by atoms with Gasteiger partial charge < -0.3 is 28.4 Å². The highest BCUT2D eigenvalue weighted by Crippen LogP contribution is 2.68. The second kappa shape index (κ2) is 16.5. The fourth-order valence-corrected chi connectivity index (χ4v) is 10.0. The molecule has 1 atom stereocenters. The summed E-state index contributed by atoms with van der Waals surface area (Å²) in [5.41, 5.74) is 3.67. The zero-order valence-electron chi connectivity index (χ0n) is 34.9. The van der Waals surface area contributed by atoms with Crippen molar-refractivity contribution in [1.82, 2.24) is 5.32 Å². The Morgan fingerprint density at radius 3 is 0.879 bits per heavy atom. The number of rotatable bonds is 15. The standard InChI is InChI=1S/C50H55N2O6/c1-9-35-52(10-2)49(38-15-27-44(55-5)28-16-38,39-17-29-45(56-6)30-18-39)48(36-11-23-42(53-3)24-12-36,37-13-25-43(54-4)26-14-37)51-50(52,40-19-31-46(57-7)32-20-40)41-21-33-47(58-8)34-22-41/h11-34,51H,9-10,35H2,1-8H3/q+1. The largest absolute Gasteiger partial charge is 0.497 e. The van der Waals surface area contributed by atoms with Crippen LogP contribution in [-0.4, -0.2) is 60.2 Å². The summed E-state index contributed by atoms with van der Waals surface area (Å²) in [4.78, 5) is 0. The third-order valence-electron chi connectivity index (χ3n) is 12.4. The van der Waals surface area contributed by atoms with Gasteiger partial charge in [0.05, 0.1) is 55.7 Å². The molecule has 7 rings (SSSR count). The highest BCUT2D eigenvalue weighted by atomic mass is 16.5. The summed E-state index contributed by atoms with van der Waals surface area (Å²) in [6, 6.07) is 51.7. The molecule has 1 heterocycles. The number of hydrogen-bond acceptors (Lipinski definition) is 7. The van der Waals surface area contributed by atoms with Gasteiger partial charge in [-0.25, -0.2) is 5.32 Å². The monoisotopic (exact) mass is 779 g/mol. The molecule has 8 nitrogen and oxygen atoms in total. The molecule has 1 aliphatic rings. The Balaban J connectivity index is 1.81. The molecule has 6 aromatic carbocycles. The second-order valence-electron chi connectivity index (χ2n) is 14.7. The molecule has 0 spiro atoms. The molecule has 0 bridgehead atoms. The van der Waals surface area contributed by atoms with Gasteiger partial charge in [0.15, 0.2) is 5.54 Å². The molecule has 1 aliphatic heterocycles. The zero-order chi connectivity index (χ0) is 41.0. The average molecular weight is 780 g/mol. The van der Waals surface area contributed by atoms with Crippen LogP contribution in [0, 0.1) is 0 Å². The molecule has 0 saturated carbocycles. The third-order valence-corrected chi connectivity index (χ3v) is 12.4. The molecule has 300 valence electrons. The average Bonchev–Trinajstić information content (AvgIpc) is 3.54. The van der Waals surface area contributed by atoms with Crippen molar-refractivity contribution in [3.8, 4) is 34.5 Å². The van der Waals surface area contributed by atoms with Crippen LogP contribution in [0.3, 0.4) is 0 Å². The maximum atomic E-state index is 5.83. The molecule has 0 aromatic heterocycles. The maximum Gasteiger partial charge on any atom is 0.208 e. The SMILES string of the molecule is CCC[N+]1(CC)C(c2ccc(OC)cc2)(c2ccc(OC)cc2)NC(c2ccc(OC)cc2)(c2ccc(OC)cc2)C1(c1ccc(OC)cc1)c1ccc(OC)cc1. The van der Waals surface area contributed by atoms with E-state index in [0.717, 1.165) is 80.8 Å². The molecule has 6 aromatic rings. The minimum atomic E-state index is -1.00. The van der Waals surface area contributed by atoms with Crippen molar-refractivity contribution in [1.29, 1.82) is 0 Å². The quantitative estimate of drug-likeness (QED) is 0.104. The fraction of sp³-hybridized carbons (Fsp3) is 0.280. The van der Waals surface area contributed by atoms with Gasteiger partial charge in [-0.15, -0.1) is 0 Å². The Labute approximate surface area is 343 Å². The van der Waals surface area contributed by atoms with Crippen molar-refractivity contribution in [3.63, 3.8) is 0 Å². The van der Waals surface area contributed by atoms with Crippen LogP contribution in [0.5, 0.6) is 34.5 Å². The molecule has 0 amide bonds. The van der Waals surface area contributed by atoms with E-state index >= 15 is 0 Å². The van der Waals surface area contributed by atoms with Gasteiger partial charge in [-0.3, -0.25) is 4.48 Å². The number of methoxy groups -OCH3 is 6. The predicted octanol–water partition coefficient (Wildman–Crippen LogP) is 9.68. The predicted molar refractivity (Wildman–Crippen MR) is 229 cm³/mol. The Bertz CT molecular complexity index is 2110. The number of benzene rings is 6. The Morgan fingerprint density at radius 2 is 0.638 bits per heavy atom. The Hall–Kier alpha value is -5.96. The van der Waals surface area contributed by atoms with Crippen molar-refractivity contribution < 1.29 is 32.9 Å². The van der Waals surface area contributed by atoms with Gasteiger partial charge in [0.1, 0.15) is 40.0 Å². The van der Waals surface area contributed by atoms with Gasteiger partial charge in [0, 0.05) is 22.3 Å². The molecule has 8 heteroatoms. The van der Waals surface area contributed by atoms with Gasteiger partial charge in [-0.2, -0.15) is 0 Å².